The van der Waals surface area contributed by atoms with Crippen molar-refractivity contribution in [1.29, 1.82) is 0 Å². The van der Waals surface area contributed by atoms with Gasteiger partial charge in [0.15, 0.2) is 6.73 Å². The molecule has 6 heteroatoms. The van der Waals surface area contributed by atoms with Crippen LogP contribution in [-0.4, -0.2) is 22.7 Å². The van der Waals surface area contributed by atoms with Crippen molar-refractivity contribution in [3.05, 3.63) is 12.3 Å². The maximum Gasteiger partial charge on any atom is 0.692 e. The maximum absolute atomic E-state index is 8.70. The molecule has 1 rings (SSSR count). The first kappa shape index (κ1) is 9.23. The summed E-state index contributed by atoms with van der Waals surface area (Å²) >= 11 is 0. The van der Waals surface area contributed by atoms with Gasteiger partial charge in [-0.05, 0) is 6.08 Å². The van der Waals surface area contributed by atoms with Crippen molar-refractivity contribution >= 4 is 14.5 Å². The van der Waals surface area contributed by atoms with E-state index in [-0.39, 0.29) is 0 Å². The number of nitrogens with zero attached hydrogens (tertiary/aromatic N) is 1. The Hall–Kier alpha value is -0.770. The summed E-state index contributed by atoms with van der Waals surface area (Å²) in [6.07, 6.45) is 5.08. The minimum atomic E-state index is -2.87. The van der Waals surface area contributed by atoms with Crippen LogP contribution in [0.25, 0.3) is 0 Å². The lowest BCUT2D eigenvalue weighted by molar-refractivity contribution is 0.259. The summed E-state index contributed by atoms with van der Waals surface area (Å²) in [4.78, 5) is 18.0. The molecule has 56 valence electrons. The molecule has 0 aromatic heterocycles. The average Bonchev–Trinajstić information content (AvgIpc) is 1.90. The third-order valence-corrected chi connectivity index (χ3v) is 0.515. The second kappa shape index (κ2) is 6.35. The van der Waals surface area contributed by atoms with Crippen LogP contribution < -0.4 is 0 Å². The van der Waals surface area contributed by atoms with Crippen molar-refractivity contribution in [3.63, 3.8) is 0 Å². The van der Waals surface area contributed by atoms with E-state index in [2.05, 4.69) is 4.99 Å². The van der Waals surface area contributed by atoms with Gasteiger partial charge in [-0.2, -0.15) is 0 Å². The SMILES string of the molecule is C1=COCN=C1.O=[P+](O)O. The Morgan fingerprint density at radius 2 is 2.20 bits per heavy atom. The van der Waals surface area contributed by atoms with E-state index >= 15 is 0 Å². The van der Waals surface area contributed by atoms with Crippen LogP contribution in [0, 0.1) is 0 Å². The Labute approximate surface area is 58.6 Å². The Morgan fingerprint density at radius 3 is 2.30 bits per heavy atom. The zero-order chi connectivity index (χ0) is 7.82. The van der Waals surface area contributed by atoms with Crippen molar-refractivity contribution < 1.29 is 19.1 Å². The molecule has 0 aromatic rings. The van der Waals surface area contributed by atoms with Crippen LogP contribution in [0.3, 0.4) is 0 Å². The van der Waals surface area contributed by atoms with E-state index in [4.69, 9.17) is 19.1 Å². The summed E-state index contributed by atoms with van der Waals surface area (Å²) in [5.41, 5.74) is 0. The summed E-state index contributed by atoms with van der Waals surface area (Å²) in [6.45, 7) is 0.483. The predicted octanol–water partition coefficient (Wildman–Crippen LogP) is 0.187. The second-order valence-electron chi connectivity index (χ2n) is 1.21. The highest BCUT2D eigenvalue weighted by molar-refractivity contribution is 7.30. The number of ether oxygens (including phenoxy) is 1. The molecule has 0 atom stereocenters. The monoisotopic (exact) mass is 164 g/mol. The number of hydrogen-bond donors (Lipinski definition) is 2. The molecule has 0 fully saturated rings. The zero-order valence-electron chi connectivity index (χ0n) is 5.04. The molecule has 0 saturated carbocycles. The van der Waals surface area contributed by atoms with Gasteiger partial charge in [-0.15, -0.1) is 9.79 Å². The largest absolute Gasteiger partial charge is 0.692 e. The van der Waals surface area contributed by atoms with Gasteiger partial charge in [-0.25, -0.2) is 0 Å². The van der Waals surface area contributed by atoms with Crippen molar-refractivity contribution in [1.82, 2.24) is 0 Å². The van der Waals surface area contributed by atoms with Crippen molar-refractivity contribution in [2.24, 2.45) is 4.99 Å². The summed E-state index contributed by atoms with van der Waals surface area (Å²) in [5.74, 6) is 0. The first-order valence-electron chi connectivity index (χ1n) is 2.35. The number of hydrogen-bond acceptors (Lipinski definition) is 3. The fourth-order valence-corrected chi connectivity index (χ4v) is 0.281. The van der Waals surface area contributed by atoms with Crippen LogP contribution in [0.2, 0.25) is 0 Å². The molecule has 0 bridgehead atoms. The Morgan fingerprint density at radius 1 is 1.60 bits per heavy atom. The standard InChI is InChI=1S/C4H5NO.HO3P/c1-2-5-4-6-3-1;1-4(2)3/h1-3H,4H2;(H-,1,2,3)/p+1. The molecular formula is C4H7NO4P+. The molecule has 0 saturated heterocycles. The molecule has 0 aliphatic carbocycles. The third-order valence-electron chi connectivity index (χ3n) is 0.515. The average molecular weight is 164 g/mol. The summed E-state index contributed by atoms with van der Waals surface area (Å²) in [5, 5.41) is 0. The van der Waals surface area contributed by atoms with Gasteiger partial charge in [0.25, 0.3) is 0 Å². The molecule has 2 N–H and O–H groups in total. The van der Waals surface area contributed by atoms with Crippen molar-refractivity contribution in [2.75, 3.05) is 6.73 Å². The fourth-order valence-electron chi connectivity index (χ4n) is 0.281. The Balaban J connectivity index is 0.000000180. The summed E-state index contributed by atoms with van der Waals surface area (Å²) in [6, 6.07) is 0. The van der Waals surface area contributed by atoms with Gasteiger partial charge in [0.05, 0.1) is 6.26 Å². The zero-order valence-corrected chi connectivity index (χ0v) is 5.94. The highest BCUT2D eigenvalue weighted by atomic mass is 31.1. The summed E-state index contributed by atoms with van der Waals surface area (Å²) < 4.78 is 13.4. The van der Waals surface area contributed by atoms with E-state index in [1.165, 1.54) is 0 Å². The molecule has 0 amide bonds. The predicted molar refractivity (Wildman–Crippen MR) is 35.6 cm³/mol. The normalized spacial score (nSPS) is 13.0. The highest BCUT2D eigenvalue weighted by Crippen LogP contribution is 1.98. The van der Waals surface area contributed by atoms with Gasteiger partial charge in [-0.3, -0.25) is 4.99 Å². The lowest BCUT2D eigenvalue weighted by atomic mass is 10.7. The number of allylic oxidation sites excluding steroid dienone is 1. The first-order chi connectivity index (χ1) is 4.73. The maximum atomic E-state index is 8.70. The van der Waals surface area contributed by atoms with Crippen molar-refractivity contribution in [3.8, 4) is 0 Å². The number of aliphatic imine (C=N–C) groups is 1. The Bertz CT molecular complexity index is 139. The van der Waals surface area contributed by atoms with Gasteiger partial charge in [0.1, 0.15) is 0 Å². The minimum Gasteiger partial charge on any atom is -0.479 e. The number of rotatable bonds is 0. The summed E-state index contributed by atoms with van der Waals surface area (Å²) in [7, 11) is -2.87. The van der Waals surface area contributed by atoms with Gasteiger partial charge in [0, 0.05) is 10.8 Å². The second-order valence-corrected chi connectivity index (χ2v) is 1.71. The van der Waals surface area contributed by atoms with Crippen LogP contribution in [0.4, 0.5) is 0 Å². The van der Waals surface area contributed by atoms with Gasteiger partial charge in [-0.1, -0.05) is 0 Å². The molecule has 0 spiro atoms. The minimum absolute atomic E-state index is 0.483. The van der Waals surface area contributed by atoms with Crippen LogP contribution in [0.5, 0.6) is 0 Å². The molecular weight excluding hydrogens is 157 g/mol. The van der Waals surface area contributed by atoms with Crippen LogP contribution in [0.15, 0.2) is 17.3 Å². The smallest absolute Gasteiger partial charge is 0.479 e. The van der Waals surface area contributed by atoms with E-state index in [0.717, 1.165) is 0 Å². The van der Waals surface area contributed by atoms with E-state index in [1.807, 2.05) is 0 Å². The fraction of sp³-hybridized carbons (Fsp3) is 0.250. The van der Waals surface area contributed by atoms with Crippen LogP contribution in [0.1, 0.15) is 0 Å². The molecule has 0 unspecified atom stereocenters. The molecule has 0 aromatic carbocycles. The molecule has 10 heavy (non-hydrogen) atoms. The highest BCUT2D eigenvalue weighted by Gasteiger charge is 1.93. The molecule has 1 heterocycles. The lowest BCUT2D eigenvalue weighted by Gasteiger charge is -1.94. The van der Waals surface area contributed by atoms with Gasteiger partial charge >= 0.3 is 8.25 Å². The van der Waals surface area contributed by atoms with E-state index in [1.54, 1.807) is 18.6 Å². The first-order valence-corrected chi connectivity index (χ1v) is 3.51. The molecule has 0 radical (unpaired) electrons. The van der Waals surface area contributed by atoms with Crippen molar-refractivity contribution in [2.45, 2.75) is 0 Å². The molecule has 5 nitrogen and oxygen atoms in total. The van der Waals surface area contributed by atoms with Crippen LogP contribution in [-0.2, 0) is 9.30 Å². The van der Waals surface area contributed by atoms with E-state index in [9.17, 15) is 0 Å². The Kier molecular flexibility index (Phi) is 5.86. The van der Waals surface area contributed by atoms with Crippen LogP contribution >= 0.6 is 8.25 Å². The van der Waals surface area contributed by atoms with E-state index in [0.29, 0.717) is 6.73 Å². The third kappa shape index (κ3) is 10.3. The van der Waals surface area contributed by atoms with Gasteiger partial charge < -0.3 is 4.74 Å². The van der Waals surface area contributed by atoms with Gasteiger partial charge in [0.2, 0.25) is 0 Å². The lowest BCUT2D eigenvalue weighted by Crippen LogP contribution is -1.86. The quantitative estimate of drug-likeness (QED) is 0.501. The molecule has 1 aliphatic heterocycles. The van der Waals surface area contributed by atoms with E-state index < -0.39 is 8.25 Å². The topological polar surface area (TPSA) is 79.1 Å². The molecule has 1 aliphatic rings.